The molecular weight excluding hydrogens is 216 g/mol. The molecule has 0 bridgehead atoms. The van der Waals surface area contributed by atoms with Gasteiger partial charge in [0.2, 0.25) is 5.91 Å². The summed E-state index contributed by atoms with van der Waals surface area (Å²) in [6.45, 7) is 0. The molecule has 0 aliphatic carbocycles. The van der Waals surface area contributed by atoms with E-state index in [1.165, 1.54) is 0 Å². The van der Waals surface area contributed by atoms with E-state index in [-0.39, 0.29) is 5.91 Å². The summed E-state index contributed by atoms with van der Waals surface area (Å²) in [4.78, 5) is 12.2. The second-order valence-electron chi connectivity index (χ2n) is 2.88. The lowest BCUT2D eigenvalue weighted by atomic mass is 10.2. The van der Waals surface area contributed by atoms with Gasteiger partial charge in [0, 0.05) is 10.6 Å². The normalized spacial score (nSPS) is 14.5. The van der Waals surface area contributed by atoms with Crippen LogP contribution >= 0.6 is 24.4 Å². The van der Waals surface area contributed by atoms with E-state index in [1.807, 2.05) is 18.2 Å². The van der Waals surface area contributed by atoms with Gasteiger partial charge in [-0.05, 0) is 18.2 Å². The van der Waals surface area contributed by atoms with E-state index in [2.05, 4.69) is 23.3 Å². The van der Waals surface area contributed by atoms with Gasteiger partial charge in [0.05, 0.1) is 17.3 Å². The first kappa shape index (κ1) is 9.73. The molecule has 1 amide bonds. The van der Waals surface area contributed by atoms with Crippen LogP contribution in [0.1, 0.15) is 0 Å². The van der Waals surface area contributed by atoms with Crippen molar-refractivity contribution in [2.45, 2.75) is 4.90 Å². The average Bonchev–Trinajstić information content (AvgIpc) is 2.17. The van der Waals surface area contributed by atoms with Gasteiger partial charge in [-0.1, -0.05) is 0 Å². The van der Waals surface area contributed by atoms with Crippen LogP contribution in [0.2, 0.25) is 0 Å². The lowest BCUT2D eigenvalue weighted by Gasteiger charge is -2.17. The van der Waals surface area contributed by atoms with Gasteiger partial charge in [0.15, 0.2) is 0 Å². The number of nitrogens with one attached hydrogen (secondary N) is 2. The Bertz CT molecular complexity index is 368. The summed E-state index contributed by atoms with van der Waals surface area (Å²) in [5, 5.41) is 5.91. The number of carbonyl (C=O) groups is 1. The third-order valence-corrected chi connectivity index (χ3v) is 3.13. The second-order valence-corrected chi connectivity index (χ2v) is 4.22. The highest BCUT2D eigenvalue weighted by atomic mass is 32.2. The average molecular weight is 226 g/mol. The predicted octanol–water partition coefficient (Wildman–Crippen LogP) is 2.03. The van der Waals surface area contributed by atoms with E-state index in [9.17, 15) is 4.79 Å². The smallest absolute Gasteiger partial charge is 0.234 e. The maximum Gasteiger partial charge on any atom is 0.234 e. The number of hydrogen-bond acceptors (Lipinski definition) is 4. The zero-order valence-electron chi connectivity index (χ0n) is 7.41. The van der Waals surface area contributed by atoms with Gasteiger partial charge in [0.25, 0.3) is 0 Å². The Kier molecular flexibility index (Phi) is 2.88. The number of hydrogen-bond donors (Lipinski definition) is 3. The van der Waals surface area contributed by atoms with E-state index in [0.29, 0.717) is 11.6 Å². The van der Waals surface area contributed by atoms with Crippen LogP contribution in [0, 0.1) is 0 Å². The highest BCUT2D eigenvalue weighted by Gasteiger charge is 2.14. The Balaban J connectivity index is 2.28. The lowest BCUT2D eigenvalue weighted by molar-refractivity contribution is -0.113. The summed E-state index contributed by atoms with van der Waals surface area (Å²) < 4.78 is 0. The Labute approximate surface area is 92.1 Å². The Hall–Kier alpha value is -0.810. The summed E-state index contributed by atoms with van der Waals surface area (Å²) >= 11 is 5.64. The third-order valence-electron chi connectivity index (χ3n) is 1.90. The zero-order valence-corrected chi connectivity index (χ0v) is 9.12. The zero-order chi connectivity index (χ0) is 9.97. The first-order chi connectivity index (χ1) is 6.79. The molecule has 0 radical (unpaired) electrons. The number of thioether (sulfide) groups is 1. The number of benzene rings is 1. The maximum atomic E-state index is 11.1. The van der Waals surface area contributed by atoms with Crippen LogP contribution in [-0.2, 0) is 4.79 Å². The maximum absolute atomic E-state index is 11.1. The lowest BCUT2D eigenvalue weighted by Crippen LogP contribution is -2.18. The van der Waals surface area contributed by atoms with Gasteiger partial charge < -0.3 is 10.6 Å². The van der Waals surface area contributed by atoms with Crippen molar-refractivity contribution < 1.29 is 4.79 Å². The number of carbonyl (C=O) groups excluding carboxylic acids is 1. The van der Waals surface area contributed by atoms with Gasteiger partial charge in [-0.3, -0.25) is 4.79 Å². The van der Waals surface area contributed by atoms with Crippen molar-refractivity contribution in [3.8, 4) is 0 Å². The van der Waals surface area contributed by atoms with Gasteiger partial charge in [-0.15, -0.1) is 11.8 Å². The van der Waals surface area contributed by atoms with Crippen LogP contribution in [0.4, 0.5) is 11.4 Å². The summed E-state index contributed by atoms with van der Waals surface area (Å²) in [6, 6.07) is 5.92. The van der Waals surface area contributed by atoms with Gasteiger partial charge in [-0.2, -0.15) is 12.6 Å². The van der Waals surface area contributed by atoms with Crippen molar-refractivity contribution in [3.63, 3.8) is 0 Å². The molecule has 14 heavy (non-hydrogen) atoms. The Morgan fingerprint density at radius 3 is 3.21 bits per heavy atom. The van der Waals surface area contributed by atoms with Crippen LogP contribution in [0.15, 0.2) is 23.1 Å². The first-order valence-corrected chi connectivity index (χ1v) is 5.83. The molecule has 0 unspecified atom stereocenters. The monoisotopic (exact) mass is 226 g/mol. The topological polar surface area (TPSA) is 41.1 Å². The molecule has 0 aromatic heterocycles. The molecular formula is C9H10N2OS2. The van der Waals surface area contributed by atoms with Crippen molar-refractivity contribution >= 4 is 41.7 Å². The summed E-state index contributed by atoms with van der Waals surface area (Å²) in [5.41, 5.74) is 1.86. The number of amides is 1. The van der Waals surface area contributed by atoms with E-state index in [1.54, 1.807) is 11.8 Å². The van der Waals surface area contributed by atoms with Gasteiger partial charge in [0.1, 0.15) is 0 Å². The van der Waals surface area contributed by atoms with Crippen molar-refractivity contribution in [2.24, 2.45) is 0 Å². The minimum atomic E-state index is 0.0607. The minimum absolute atomic E-state index is 0.0607. The van der Waals surface area contributed by atoms with E-state index >= 15 is 0 Å². The van der Waals surface area contributed by atoms with Gasteiger partial charge >= 0.3 is 0 Å². The predicted molar refractivity (Wildman–Crippen MR) is 63.3 cm³/mol. The SMILES string of the molecule is O=C1CSc2ccc(NCS)cc2N1. The number of rotatable bonds is 2. The number of fused-ring (bicyclic) bond motifs is 1. The van der Waals surface area contributed by atoms with E-state index in [0.717, 1.165) is 16.3 Å². The van der Waals surface area contributed by atoms with Crippen molar-refractivity contribution in [2.75, 3.05) is 22.3 Å². The number of anilines is 2. The molecule has 1 aliphatic heterocycles. The molecule has 0 saturated heterocycles. The first-order valence-electron chi connectivity index (χ1n) is 4.21. The van der Waals surface area contributed by atoms with E-state index < -0.39 is 0 Å². The Morgan fingerprint density at radius 2 is 2.43 bits per heavy atom. The van der Waals surface area contributed by atoms with Gasteiger partial charge in [-0.25, -0.2) is 0 Å². The fourth-order valence-electron chi connectivity index (χ4n) is 1.28. The fraction of sp³-hybridized carbons (Fsp3) is 0.222. The summed E-state index contributed by atoms with van der Waals surface area (Å²) in [6.07, 6.45) is 0. The molecule has 74 valence electrons. The molecule has 2 rings (SSSR count). The molecule has 1 aromatic carbocycles. The molecule has 0 fully saturated rings. The Morgan fingerprint density at radius 1 is 1.57 bits per heavy atom. The molecule has 3 nitrogen and oxygen atoms in total. The summed E-state index contributed by atoms with van der Waals surface area (Å²) in [5.74, 6) is 1.15. The highest BCUT2D eigenvalue weighted by Crippen LogP contribution is 2.33. The molecule has 1 heterocycles. The minimum Gasteiger partial charge on any atom is -0.376 e. The largest absolute Gasteiger partial charge is 0.376 e. The van der Waals surface area contributed by atoms with Crippen molar-refractivity contribution in [1.29, 1.82) is 0 Å². The molecule has 1 aromatic rings. The quantitative estimate of drug-likeness (QED) is 0.534. The van der Waals surface area contributed by atoms with E-state index in [4.69, 9.17) is 0 Å². The van der Waals surface area contributed by atoms with Crippen LogP contribution in [0.5, 0.6) is 0 Å². The number of thiol groups is 1. The molecule has 0 atom stereocenters. The molecule has 5 heteroatoms. The van der Waals surface area contributed by atoms with Crippen LogP contribution < -0.4 is 10.6 Å². The van der Waals surface area contributed by atoms with Crippen molar-refractivity contribution in [3.05, 3.63) is 18.2 Å². The summed E-state index contributed by atoms with van der Waals surface area (Å²) in [7, 11) is 0. The molecule has 1 aliphatic rings. The fourth-order valence-corrected chi connectivity index (χ4v) is 2.26. The van der Waals surface area contributed by atoms with Crippen LogP contribution in [0.25, 0.3) is 0 Å². The standard InChI is InChI=1S/C9H10N2OS2/c12-9-4-14-8-2-1-6(10-5-13)3-7(8)11-9/h1-3,10,13H,4-5H2,(H,11,12). The molecule has 0 spiro atoms. The molecule has 2 N–H and O–H groups in total. The molecule has 0 saturated carbocycles. The highest BCUT2D eigenvalue weighted by molar-refractivity contribution is 8.00. The third kappa shape index (κ3) is 1.99. The van der Waals surface area contributed by atoms with Crippen molar-refractivity contribution in [1.82, 2.24) is 0 Å². The van der Waals surface area contributed by atoms with Crippen LogP contribution in [0.3, 0.4) is 0 Å². The van der Waals surface area contributed by atoms with Crippen LogP contribution in [-0.4, -0.2) is 17.5 Å². The second kappa shape index (κ2) is 4.14.